The van der Waals surface area contributed by atoms with Gasteiger partial charge in [-0.05, 0) is 24.3 Å². The number of fused-ring (bicyclic) bond motifs is 1. The van der Waals surface area contributed by atoms with E-state index in [1.54, 1.807) is 4.40 Å². The van der Waals surface area contributed by atoms with Crippen molar-refractivity contribution < 1.29 is 22.4 Å². The lowest BCUT2D eigenvalue weighted by Crippen LogP contribution is -2.28. The predicted octanol–water partition coefficient (Wildman–Crippen LogP) is 4.23. The number of halogens is 4. The molecule has 0 aliphatic carbocycles. The summed E-state index contributed by atoms with van der Waals surface area (Å²) in [7, 11) is 1.43. The SMILES string of the molecule is CN(C(=O)c1cn2c(-c3ccc(C(F)(F)F)cc3)cnc2cn1)c1cccc(F)n1. The van der Waals surface area contributed by atoms with E-state index in [1.807, 2.05) is 0 Å². The Balaban J connectivity index is 1.70. The van der Waals surface area contributed by atoms with Crippen LogP contribution in [0.3, 0.4) is 0 Å². The summed E-state index contributed by atoms with van der Waals surface area (Å²) in [6.45, 7) is 0. The van der Waals surface area contributed by atoms with Crippen molar-refractivity contribution in [2.45, 2.75) is 6.18 Å². The number of anilines is 1. The summed E-state index contributed by atoms with van der Waals surface area (Å²) in [5.74, 6) is -1.16. The van der Waals surface area contributed by atoms with Crippen LogP contribution in [0.1, 0.15) is 16.1 Å². The number of nitrogens with zero attached hydrogens (tertiary/aromatic N) is 5. The van der Waals surface area contributed by atoms with E-state index in [0.717, 1.165) is 23.1 Å². The average Bonchev–Trinajstić information content (AvgIpc) is 3.15. The van der Waals surface area contributed by atoms with Gasteiger partial charge in [0, 0.05) is 18.8 Å². The van der Waals surface area contributed by atoms with E-state index in [0.29, 0.717) is 16.9 Å². The van der Waals surface area contributed by atoms with Gasteiger partial charge in [-0.25, -0.2) is 15.0 Å². The van der Waals surface area contributed by atoms with Crippen molar-refractivity contribution in [2.75, 3.05) is 11.9 Å². The molecular formula is C20H13F4N5O. The molecule has 3 heterocycles. The van der Waals surface area contributed by atoms with E-state index in [1.165, 1.54) is 49.9 Å². The van der Waals surface area contributed by atoms with Crippen LogP contribution in [0.2, 0.25) is 0 Å². The largest absolute Gasteiger partial charge is 0.416 e. The Morgan fingerprint density at radius 2 is 1.77 bits per heavy atom. The molecule has 0 aliphatic heterocycles. The first-order valence-corrected chi connectivity index (χ1v) is 8.65. The second-order valence-corrected chi connectivity index (χ2v) is 6.40. The van der Waals surface area contributed by atoms with Crippen molar-refractivity contribution in [1.82, 2.24) is 19.4 Å². The van der Waals surface area contributed by atoms with Gasteiger partial charge >= 0.3 is 6.18 Å². The number of pyridine rings is 1. The summed E-state index contributed by atoms with van der Waals surface area (Å²) < 4.78 is 53.3. The molecule has 10 heteroatoms. The quantitative estimate of drug-likeness (QED) is 0.371. The van der Waals surface area contributed by atoms with E-state index < -0.39 is 23.6 Å². The minimum absolute atomic E-state index is 0.0298. The number of rotatable bonds is 3. The molecule has 1 amide bonds. The standard InChI is InChI=1S/C20H13F4N5O/c1-28(17-4-2-3-16(21)27-17)19(30)14-11-29-15(9-26-18(29)10-25-14)12-5-7-13(8-6-12)20(22,23)24/h2-11H,1H3. The van der Waals surface area contributed by atoms with Crippen LogP contribution in [0.25, 0.3) is 16.9 Å². The van der Waals surface area contributed by atoms with Crippen LogP contribution >= 0.6 is 0 Å². The molecule has 0 fully saturated rings. The number of hydrogen-bond acceptors (Lipinski definition) is 4. The van der Waals surface area contributed by atoms with E-state index in [4.69, 9.17) is 0 Å². The molecule has 4 rings (SSSR count). The second kappa shape index (κ2) is 7.21. The lowest BCUT2D eigenvalue weighted by Gasteiger charge is -2.15. The van der Waals surface area contributed by atoms with E-state index in [2.05, 4.69) is 15.0 Å². The van der Waals surface area contributed by atoms with Crippen LogP contribution in [0.4, 0.5) is 23.4 Å². The number of aromatic nitrogens is 4. The molecule has 0 unspecified atom stereocenters. The van der Waals surface area contributed by atoms with Gasteiger partial charge in [0.1, 0.15) is 11.5 Å². The van der Waals surface area contributed by atoms with E-state index in [9.17, 15) is 22.4 Å². The van der Waals surface area contributed by atoms with Gasteiger partial charge in [-0.1, -0.05) is 18.2 Å². The molecule has 0 saturated heterocycles. The Kier molecular flexibility index (Phi) is 4.69. The molecule has 0 aliphatic rings. The second-order valence-electron chi connectivity index (χ2n) is 6.40. The summed E-state index contributed by atoms with van der Waals surface area (Å²) in [4.78, 5) is 25.8. The van der Waals surface area contributed by atoms with Gasteiger partial charge in [0.15, 0.2) is 5.65 Å². The van der Waals surface area contributed by atoms with Crippen LogP contribution < -0.4 is 4.90 Å². The third-order valence-corrected chi connectivity index (χ3v) is 4.47. The van der Waals surface area contributed by atoms with Crippen LogP contribution in [0.5, 0.6) is 0 Å². The highest BCUT2D eigenvalue weighted by atomic mass is 19.4. The molecule has 30 heavy (non-hydrogen) atoms. The van der Waals surface area contributed by atoms with Gasteiger partial charge in [0.25, 0.3) is 5.91 Å². The highest BCUT2D eigenvalue weighted by Gasteiger charge is 2.30. The molecule has 0 spiro atoms. The van der Waals surface area contributed by atoms with Crippen LogP contribution in [-0.2, 0) is 6.18 Å². The van der Waals surface area contributed by atoms with Crippen molar-refractivity contribution in [3.8, 4) is 11.3 Å². The molecule has 152 valence electrons. The third-order valence-electron chi connectivity index (χ3n) is 4.47. The first kappa shape index (κ1) is 19.5. The fourth-order valence-electron chi connectivity index (χ4n) is 2.90. The fraction of sp³-hybridized carbons (Fsp3) is 0.100. The van der Waals surface area contributed by atoms with Crippen molar-refractivity contribution in [3.05, 3.63) is 78.3 Å². The lowest BCUT2D eigenvalue weighted by molar-refractivity contribution is -0.137. The van der Waals surface area contributed by atoms with Crippen molar-refractivity contribution in [1.29, 1.82) is 0 Å². The van der Waals surface area contributed by atoms with Gasteiger partial charge in [-0.2, -0.15) is 17.6 Å². The Hall–Kier alpha value is -3.82. The molecule has 3 aromatic heterocycles. The fourth-order valence-corrected chi connectivity index (χ4v) is 2.90. The number of carbonyl (C=O) groups excluding carboxylic acids is 1. The van der Waals surface area contributed by atoms with Crippen LogP contribution in [0, 0.1) is 5.95 Å². The first-order valence-electron chi connectivity index (χ1n) is 8.65. The Labute approximate surface area is 167 Å². The number of imidazole rings is 1. The summed E-state index contributed by atoms with van der Waals surface area (Å²) in [5, 5.41) is 0. The summed E-state index contributed by atoms with van der Waals surface area (Å²) >= 11 is 0. The summed E-state index contributed by atoms with van der Waals surface area (Å²) in [6, 6.07) is 8.68. The zero-order valence-electron chi connectivity index (χ0n) is 15.4. The molecule has 0 atom stereocenters. The zero-order chi connectivity index (χ0) is 21.5. The highest BCUT2D eigenvalue weighted by Crippen LogP contribution is 2.31. The Bertz CT molecular complexity index is 1230. The maximum Gasteiger partial charge on any atom is 0.416 e. The van der Waals surface area contributed by atoms with E-state index in [-0.39, 0.29) is 11.5 Å². The third kappa shape index (κ3) is 3.59. The van der Waals surface area contributed by atoms with Gasteiger partial charge in [0.2, 0.25) is 5.95 Å². The Morgan fingerprint density at radius 3 is 2.43 bits per heavy atom. The van der Waals surface area contributed by atoms with E-state index >= 15 is 0 Å². The number of alkyl halides is 3. The Morgan fingerprint density at radius 1 is 1.03 bits per heavy atom. The molecular weight excluding hydrogens is 402 g/mol. The lowest BCUT2D eigenvalue weighted by atomic mass is 10.1. The van der Waals surface area contributed by atoms with Crippen LogP contribution in [0.15, 0.2) is 61.1 Å². The van der Waals surface area contributed by atoms with Gasteiger partial charge in [-0.3, -0.25) is 14.1 Å². The van der Waals surface area contributed by atoms with Gasteiger partial charge in [0.05, 0.1) is 23.7 Å². The van der Waals surface area contributed by atoms with Crippen molar-refractivity contribution >= 4 is 17.4 Å². The molecule has 4 aromatic rings. The van der Waals surface area contributed by atoms with Gasteiger partial charge in [-0.15, -0.1) is 0 Å². The first-order chi connectivity index (χ1) is 14.2. The molecule has 0 bridgehead atoms. The van der Waals surface area contributed by atoms with Crippen LogP contribution in [-0.4, -0.2) is 32.3 Å². The average molecular weight is 415 g/mol. The zero-order valence-corrected chi connectivity index (χ0v) is 15.4. The summed E-state index contributed by atoms with van der Waals surface area (Å²) in [6.07, 6.45) is -0.163. The monoisotopic (exact) mass is 415 g/mol. The number of carbonyl (C=O) groups is 1. The minimum atomic E-state index is -4.43. The maximum atomic E-state index is 13.4. The molecule has 0 saturated carbocycles. The van der Waals surface area contributed by atoms with Crippen molar-refractivity contribution in [3.63, 3.8) is 0 Å². The highest BCUT2D eigenvalue weighted by molar-refractivity contribution is 6.03. The molecule has 0 N–H and O–H groups in total. The van der Waals surface area contributed by atoms with Crippen molar-refractivity contribution in [2.24, 2.45) is 0 Å². The maximum absolute atomic E-state index is 13.4. The van der Waals surface area contributed by atoms with Gasteiger partial charge < -0.3 is 0 Å². The predicted molar refractivity (Wildman–Crippen MR) is 100 cm³/mol. The topological polar surface area (TPSA) is 63.4 Å². The number of benzene rings is 1. The molecule has 6 nitrogen and oxygen atoms in total. The summed E-state index contributed by atoms with van der Waals surface area (Å²) in [5.41, 5.74) is 0.652. The number of amides is 1. The smallest absolute Gasteiger partial charge is 0.296 e. The molecule has 0 radical (unpaired) electrons. The molecule has 1 aromatic carbocycles. The number of hydrogen-bond donors (Lipinski definition) is 0. The normalized spacial score (nSPS) is 11.6. The minimum Gasteiger partial charge on any atom is -0.296 e.